The number of thiazole rings is 1. The molecule has 3 aromatic rings. The van der Waals surface area contributed by atoms with Crippen LogP contribution in [0.1, 0.15) is 34.5 Å². The Morgan fingerprint density at radius 1 is 1.37 bits per heavy atom. The molecule has 0 radical (unpaired) electrons. The van der Waals surface area contributed by atoms with Gasteiger partial charge < -0.3 is 25.4 Å². The number of anilines is 1. The minimum Gasteiger partial charge on any atom is -0.472 e. The van der Waals surface area contributed by atoms with Crippen molar-refractivity contribution >= 4 is 42.8 Å². The number of fused-ring (bicyclic) bond motifs is 2. The first-order chi connectivity index (χ1) is 24.4. The zero-order chi connectivity index (χ0) is 39.8. The van der Waals surface area contributed by atoms with Crippen molar-refractivity contribution in [2.75, 3.05) is 25.4 Å². The van der Waals surface area contributed by atoms with Crippen molar-refractivity contribution in [2.24, 2.45) is 11.8 Å². The van der Waals surface area contributed by atoms with Crippen LogP contribution >= 0.6 is 11.3 Å². The molecule has 4 N–H and O–H groups in total. The van der Waals surface area contributed by atoms with Crippen LogP contribution in [0.2, 0.25) is 0 Å². The molecule has 2 aliphatic heterocycles. The van der Waals surface area contributed by atoms with Crippen LogP contribution in [0.25, 0.3) is 10.2 Å². The lowest BCUT2D eigenvalue weighted by Gasteiger charge is -2.39. The smallest absolute Gasteiger partial charge is 0.408 e. The molecule has 5 atom stereocenters. The van der Waals surface area contributed by atoms with E-state index in [9.17, 15) is 26.5 Å². The third kappa shape index (κ3) is 6.19. The van der Waals surface area contributed by atoms with Crippen LogP contribution in [-0.4, -0.2) is 84.4 Å². The molecule has 3 heterocycles. The lowest BCUT2D eigenvalue weighted by atomic mass is 9.94. The summed E-state index contributed by atoms with van der Waals surface area (Å²) in [7, 11) is -5.19. The number of aliphatic hydroxyl groups is 1. The number of ether oxygens (including phenoxy) is 2. The molecule has 13 heteroatoms. The van der Waals surface area contributed by atoms with Gasteiger partial charge in [0.05, 0.1) is 61.6 Å². The van der Waals surface area contributed by atoms with Crippen LogP contribution in [0.15, 0.2) is 65.6 Å². The Labute approximate surface area is 259 Å². The van der Waals surface area contributed by atoms with E-state index >= 15 is 0 Å². The largest absolute Gasteiger partial charge is 0.472 e. The maximum Gasteiger partial charge on any atom is 0.408 e. The molecular weight excluding hydrogens is 568 g/mol. The summed E-state index contributed by atoms with van der Waals surface area (Å²) >= 11 is 0.905. The lowest BCUT2D eigenvalue weighted by Crippen LogP contribution is -2.57. The summed E-state index contributed by atoms with van der Waals surface area (Å²) in [6.07, 6.45) is -9.41. The first-order valence-corrected chi connectivity index (χ1v) is 14.5. The van der Waals surface area contributed by atoms with Crippen LogP contribution in [0.5, 0.6) is 0 Å². The van der Waals surface area contributed by atoms with E-state index in [4.69, 9.17) is 23.5 Å². The topological polar surface area (TPSA) is 156 Å². The molecule has 220 valence electrons. The minimum absolute atomic E-state index is 0.0473. The van der Waals surface area contributed by atoms with Gasteiger partial charge in [0.2, 0.25) is 17.7 Å². The van der Waals surface area contributed by atoms with Gasteiger partial charge in [0.25, 0.3) is 0 Å². The van der Waals surface area contributed by atoms with Crippen molar-refractivity contribution in [1.82, 2.24) is 14.2 Å². The van der Waals surface area contributed by atoms with Gasteiger partial charge in [-0.2, -0.15) is 4.31 Å². The number of nitrogens with two attached hydrogens (primary N) is 1. The Kier molecular flexibility index (Phi) is 5.14. The summed E-state index contributed by atoms with van der Waals surface area (Å²) in [5, 5.41) is 15.5. The number of carbonyl (C=O) groups is 1. The van der Waals surface area contributed by atoms with Crippen LogP contribution in [0.3, 0.4) is 0 Å². The zero-order valence-corrected chi connectivity index (χ0v) is 23.4. The fourth-order valence-corrected chi connectivity index (χ4v) is 6.69. The highest BCUT2D eigenvalue weighted by atomic mass is 32.2. The quantitative estimate of drug-likeness (QED) is 0.278. The van der Waals surface area contributed by atoms with Crippen molar-refractivity contribution in [2.45, 2.75) is 49.5 Å². The first-order valence-electron chi connectivity index (χ1n) is 18.2. The first kappa shape index (κ1) is 17.7. The second kappa shape index (κ2) is 11.9. The zero-order valence-electron chi connectivity index (χ0n) is 33.7. The molecule has 0 aliphatic carbocycles. The second-order valence-corrected chi connectivity index (χ2v) is 12.4. The van der Waals surface area contributed by atoms with Gasteiger partial charge in [0.1, 0.15) is 0 Å². The number of aromatic nitrogens is 1. The fourth-order valence-electron chi connectivity index (χ4n) is 4.38. The molecule has 1 unspecified atom stereocenters. The SMILES string of the molecule is [2H]O[C@]([2H])(C([2H])([2H])N(CC(C)C)S(=O)(=O)c1ccc2nc(N)sc2c1)[C@@]([2H])(N(C(=O)O)C1CO[C@@H]2OC=C[C@@H]12)C([2H])([2H])c1c([2H])c([2H])c([2H])c([2H])c1[2H]. The number of amides is 1. The van der Waals surface area contributed by atoms with Gasteiger partial charge in [0.15, 0.2) is 5.13 Å². The second-order valence-electron chi connectivity index (χ2n) is 9.49. The monoisotopic (exact) mass is 614 g/mol. The summed E-state index contributed by atoms with van der Waals surface area (Å²) in [6.45, 7) is -2.63. The summed E-state index contributed by atoms with van der Waals surface area (Å²) in [6, 6.07) is -8.36. The normalized spacial score (nSPS) is 28.1. The van der Waals surface area contributed by atoms with Crippen LogP contribution in [-0.2, 0) is 25.9 Å². The van der Waals surface area contributed by atoms with E-state index < -0.39 is 119 Å². The molecule has 2 aromatic carbocycles. The summed E-state index contributed by atoms with van der Waals surface area (Å²) in [5.41, 5.74) is 4.68. The fraction of sp³-hybridized carbons (Fsp3) is 0.429. The van der Waals surface area contributed by atoms with Gasteiger partial charge >= 0.3 is 6.09 Å². The molecule has 0 bridgehead atoms. The standard InChI is InChI=1S/C28H34N4O7S2/c1-17(2)14-31(41(36,37)19-8-9-21-25(13-19)40-27(29)30-21)15-24(33)22(12-18-6-4-3-5-7-18)32(28(34)35)23-16-39-26-20(23)10-11-38-26/h3-11,13,17,20,22-24,26,33H,12,14-16H2,1-2H3,(H2,29,30)(H,34,35)/t20-,22-,23?,24+,26-/m0/s1/i3D,4D,5D,6D,7D,12D2,15D2,22D,24D,33D. The molecular formula is C28H34N4O7S2. The maximum atomic E-state index is 14.5. The van der Waals surface area contributed by atoms with Gasteiger partial charge in [-0.15, -0.1) is 0 Å². The predicted octanol–water partition coefficient (Wildman–Crippen LogP) is 3.36. The molecule has 0 spiro atoms. The Morgan fingerprint density at radius 2 is 2.15 bits per heavy atom. The number of sulfonamides is 1. The molecule has 1 saturated heterocycles. The molecule has 5 rings (SSSR count). The molecule has 2 aliphatic rings. The summed E-state index contributed by atoms with van der Waals surface area (Å²) in [4.78, 5) is 16.8. The van der Waals surface area contributed by atoms with E-state index in [-0.39, 0.29) is 19.0 Å². The number of nitrogens with zero attached hydrogens (tertiary/aromatic N) is 3. The van der Waals surface area contributed by atoms with Crippen LogP contribution in [0.4, 0.5) is 9.93 Å². The predicted molar refractivity (Wildman–Crippen MR) is 155 cm³/mol. The lowest BCUT2D eigenvalue weighted by molar-refractivity contribution is -0.0690. The number of benzene rings is 2. The Hall–Kier alpha value is -3.23. The minimum atomic E-state index is -5.19. The molecule has 11 nitrogen and oxygen atoms in total. The van der Waals surface area contributed by atoms with Crippen LogP contribution < -0.4 is 5.73 Å². The number of hydrogen-bond acceptors (Lipinski definition) is 9. The van der Waals surface area contributed by atoms with Crippen molar-refractivity contribution in [3.8, 4) is 0 Å². The average Bonchev–Trinajstić information content (AvgIpc) is 3.80. The number of carboxylic acid groups (broad SMARTS) is 1. The molecule has 0 saturated carbocycles. The Bertz CT molecular complexity index is 2060. The third-order valence-electron chi connectivity index (χ3n) is 6.16. The van der Waals surface area contributed by atoms with Gasteiger partial charge in [-0.25, -0.2) is 18.2 Å². The van der Waals surface area contributed by atoms with Gasteiger partial charge in [-0.1, -0.05) is 55.4 Å². The van der Waals surface area contributed by atoms with E-state index in [0.29, 0.717) is 5.52 Å². The van der Waals surface area contributed by atoms with Crippen molar-refractivity contribution in [1.29, 1.82) is 1.43 Å². The van der Waals surface area contributed by atoms with Gasteiger partial charge in [0, 0.05) is 18.5 Å². The third-order valence-corrected chi connectivity index (χ3v) is 8.68. The number of nitrogen functional groups attached to an aromatic ring is 1. The molecule has 41 heavy (non-hydrogen) atoms. The van der Waals surface area contributed by atoms with E-state index in [1.54, 1.807) is 0 Å². The van der Waals surface area contributed by atoms with Crippen molar-refractivity contribution < 1.29 is 48.0 Å². The average molecular weight is 615 g/mol. The van der Waals surface area contributed by atoms with Crippen LogP contribution in [0, 0.1) is 11.8 Å². The number of hydrogen-bond donors (Lipinski definition) is 3. The highest BCUT2D eigenvalue weighted by Crippen LogP contribution is 2.35. The van der Waals surface area contributed by atoms with Gasteiger partial charge in [-0.3, -0.25) is 4.90 Å². The maximum absolute atomic E-state index is 14.5. The van der Waals surface area contributed by atoms with Crippen molar-refractivity contribution in [3.63, 3.8) is 0 Å². The molecule has 1 fully saturated rings. The van der Waals surface area contributed by atoms with Gasteiger partial charge in [-0.05, 0) is 42.1 Å². The van der Waals surface area contributed by atoms with Crippen molar-refractivity contribution in [3.05, 3.63) is 66.3 Å². The van der Waals surface area contributed by atoms with E-state index in [2.05, 4.69) is 10.1 Å². The molecule has 1 amide bonds. The summed E-state index contributed by atoms with van der Waals surface area (Å²) < 4.78 is 147. The molecule has 1 aromatic heterocycles. The highest BCUT2D eigenvalue weighted by molar-refractivity contribution is 7.89. The Balaban J connectivity index is 1.86. The Morgan fingerprint density at radius 3 is 2.85 bits per heavy atom. The van der Waals surface area contributed by atoms with E-state index in [0.717, 1.165) is 29.7 Å². The highest BCUT2D eigenvalue weighted by Gasteiger charge is 2.48. The summed E-state index contributed by atoms with van der Waals surface area (Å²) in [5.74, 6) is -1.91. The number of rotatable bonds is 12. The van der Waals surface area contributed by atoms with E-state index in [1.165, 1.54) is 26.0 Å². The van der Waals surface area contributed by atoms with E-state index in [1.807, 2.05) is 0 Å².